The van der Waals surface area contributed by atoms with Crippen LogP contribution in [0.1, 0.15) is 35.2 Å². The van der Waals surface area contributed by atoms with Crippen molar-refractivity contribution in [2.75, 3.05) is 18.0 Å². The van der Waals surface area contributed by atoms with Crippen molar-refractivity contribution in [1.29, 1.82) is 5.41 Å². The Morgan fingerprint density at radius 2 is 1.55 bits per heavy atom. The first kappa shape index (κ1) is 33.1. The predicted molar refractivity (Wildman–Crippen MR) is 155 cm³/mol. The minimum Gasteiger partial charge on any atom is -0.317 e. The molecule has 7 nitrogen and oxygen atoms in total. The molecular weight excluding hydrogens is 634 g/mol. The number of rotatable bonds is 8. The number of anilines is 1. The van der Waals surface area contributed by atoms with Crippen molar-refractivity contribution in [2.45, 2.75) is 41.9 Å². The molecule has 2 N–H and O–H groups in total. The van der Waals surface area contributed by atoms with Gasteiger partial charge in [0.25, 0.3) is 15.7 Å². The highest BCUT2D eigenvalue weighted by Crippen LogP contribution is 2.34. The summed E-state index contributed by atoms with van der Waals surface area (Å²) >= 11 is 6.14. The average Bonchev–Trinajstić information content (AvgIpc) is 2.97. The Morgan fingerprint density at radius 1 is 0.932 bits per heavy atom. The van der Waals surface area contributed by atoms with Gasteiger partial charge in [-0.3, -0.25) is 9.79 Å². The molecular formula is C29H25ClF6N4O3S. The molecule has 1 aliphatic heterocycles. The lowest BCUT2D eigenvalue weighted by atomic mass is 10.00. The molecule has 3 aromatic rings. The van der Waals surface area contributed by atoms with Crippen LogP contribution in [0.3, 0.4) is 0 Å². The van der Waals surface area contributed by atoms with E-state index in [1.807, 2.05) is 0 Å². The van der Waals surface area contributed by atoms with Gasteiger partial charge in [-0.25, -0.2) is 8.42 Å². The van der Waals surface area contributed by atoms with E-state index in [4.69, 9.17) is 17.0 Å². The number of nitrogens with zero attached hydrogens (tertiary/aromatic N) is 2. The zero-order valence-electron chi connectivity index (χ0n) is 22.7. The SMILES string of the molecule is N=C(CC(=Nc1ccccc1Cl)c1ccc(C(=O)N(c2cccc(S(=O)(=O)C(F)(F)F)c2)C2CCNCC2)cc1)C(F)(F)F. The molecule has 0 aromatic heterocycles. The third kappa shape index (κ3) is 7.48. The van der Waals surface area contributed by atoms with Crippen LogP contribution in [0.5, 0.6) is 0 Å². The first-order valence-corrected chi connectivity index (χ1v) is 15.0. The second-order valence-electron chi connectivity index (χ2n) is 9.84. The fourth-order valence-electron chi connectivity index (χ4n) is 4.60. The maximum atomic E-state index is 13.8. The summed E-state index contributed by atoms with van der Waals surface area (Å²) in [4.78, 5) is 18.3. The summed E-state index contributed by atoms with van der Waals surface area (Å²) in [5.74, 6) is -0.655. The highest BCUT2D eigenvalue weighted by Gasteiger charge is 2.47. The largest absolute Gasteiger partial charge is 0.501 e. The second kappa shape index (κ2) is 13.1. The van der Waals surface area contributed by atoms with Crippen LogP contribution in [0.2, 0.25) is 5.02 Å². The smallest absolute Gasteiger partial charge is 0.317 e. The van der Waals surface area contributed by atoms with Crippen LogP contribution in [0.15, 0.2) is 82.7 Å². The van der Waals surface area contributed by atoms with Crippen LogP contribution >= 0.6 is 11.6 Å². The lowest BCUT2D eigenvalue weighted by Crippen LogP contribution is -2.46. The molecule has 0 bridgehead atoms. The normalized spacial score (nSPS) is 15.2. The Bertz CT molecular complexity index is 1670. The van der Waals surface area contributed by atoms with Crippen LogP contribution in [0, 0.1) is 5.41 Å². The van der Waals surface area contributed by atoms with E-state index in [1.54, 1.807) is 12.1 Å². The molecule has 0 aliphatic carbocycles. The first-order chi connectivity index (χ1) is 20.6. The Labute approximate surface area is 254 Å². The topological polar surface area (TPSA) is 103 Å². The van der Waals surface area contributed by atoms with Crippen molar-refractivity contribution in [3.63, 3.8) is 0 Å². The molecule has 15 heteroatoms. The Morgan fingerprint density at radius 3 is 2.14 bits per heavy atom. The summed E-state index contributed by atoms with van der Waals surface area (Å²) in [5.41, 5.74) is -6.91. The summed E-state index contributed by atoms with van der Waals surface area (Å²) in [6.45, 7) is 1.00. The molecule has 1 amide bonds. The number of halogens is 7. The van der Waals surface area contributed by atoms with Crippen molar-refractivity contribution in [3.05, 3.63) is 88.9 Å². The number of sulfone groups is 1. The van der Waals surface area contributed by atoms with Crippen molar-refractivity contribution in [3.8, 4) is 0 Å². The number of aliphatic imine (C=N–C) groups is 1. The number of carbonyl (C=O) groups is 1. The number of hydrogen-bond donors (Lipinski definition) is 2. The van der Waals surface area contributed by atoms with E-state index in [0.717, 1.165) is 18.2 Å². The number of piperidine rings is 1. The molecule has 44 heavy (non-hydrogen) atoms. The summed E-state index contributed by atoms with van der Waals surface area (Å²) < 4.78 is 104. The molecule has 4 rings (SSSR count). The molecule has 1 heterocycles. The number of benzene rings is 3. The second-order valence-corrected chi connectivity index (χ2v) is 12.2. The van der Waals surface area contributed by atoms with Gasteiger partial charge in [-0.05, 0) is 74.0 Å². The predicted octanol–water partition coefficient (Wildman–Crippen LogP) is 7.13. The van der Waals surface area contributed by atoms with Crippen LogP contribution in [0.4, 0.5) is 37.7 Å². The molecule has 3 aromatic carbocycles. The molecule has 0 atom stereocenters. The third-order valence-corrected chi connectivity index (χ3v) is 8.67. The Balaban J connectivity index is 1.73. The van der Waals surface area contributed by atoms with Gasteiger partial charge < -0.3 is 15.6 Å². The lowest BCUT2D eigenvalue weighted by molar-refractivity contribution is -0.0605. The number of hydrogen-bond acceptors (Lipinski definition) is 6. The fourth-order valence-corrected chi connectivity index (χ4v) is 5.58. The van der Waals surface area contributed by atoms with Crippen LogP contribution < -0.4 is 10.2 Å². The fraction of sp³-hybridized carbons (Fsp3) is 0.276. The van der Waals surface area contributed by atoms with E-state index in [0.29, 0.717) is 25.9 Å². The van der Waals surface area contributed by atoms with E-state index < -0.39 is 50.5 Å². The quantitative estimate of drug-likeness (QED) is 0.199. The van der Waals surface area contributed by atoms with Gasteiger partial charge in [0, 0.05) is 23.7 Å². The first-order valence-electron chi connectivity index (χ1n) is 13.1. The minimum atomic E-state index is -5.69. The van der Waals surface area contributed by atoms with E-state index >= 15 is 0 Å². The molecule has 1 saturated heterocycles. The highest BCUT2D eigenvalue weighted by molar-refractivity contribution is 7.92. The van der Waals surface area contributed by atoms with Crippen molar-refractivity contribution in [2.24, 2.45) is 4.99 Å². The maximum absolute atomic E-state index is 13.8. The van der Waals surface area contributed by atoms with Gasteiger partial charge in [0.2, 0.25) is 0 Å². The van der Waals surface area contributed by atoms with E-state index in [9.17, 15) is 39.6 Å². The number of para-hydroxylation sites is 1. The summed E-state index contributed by atoms with van der Waals surface area (Å²) in [6, 6.07) is 15.1. The van der Waals surface area contributed by atoms with Gasteiger partial charge >= 0.3 is 11.7 Å². The maximum Gasteiger partial charge on any atom is 0.501 e. The lowest BCUT2D eigenvalue weighted by Gasteiger charge is -2.35. The van der Waals surface area contributed by atoms with Crippen molar-refractivity contribution in [1.82, 2.24) is 5.32 Å². The standard InChI is InChI=1S/C29H25ClF6N4O3S/c30-23-6-1-2-7-24(23)39-25(17-26(37)28(31,32)33)18-8-10-19(11-9-18)27(41)40(20-12-14-38-15-13-20)21-4-3-5-22(16-21)44(42,43)29(34,35)36/h1-11,16,20,37-38H,12-15,17H2. The molecule has 0 radical (unpaired) electrons. The molecule has 0 spiro atoms. The van der Waals surface area contributed by atoms with Crippen molar-refractivity contribution >= 4 is 50.1 Å². The number of carbonyl (C=O) groups excluding carboxylic acids is 1. The van der Waals surface area contributed by atoms with E-state index in [-0.39, 0.29) is 33.2 Å². The minimum absolute atomic E-state index is 0.0411. The average molecular weight is 659 g/mol. The van der Waals surface area contributed by atoms with Crippen LogP contribution in [-0.2, 0) is 9.84 Å². The molecule has 0 saturated carbocycles. The molecule has 1 fully saturated rings. The number of nitrogens with one attached hydrogen (secondary N) is 2. The van der Waals surface area contributed by atoms with Gasteiger partial charge in [0.15, 0.2) is 0 Å². The Hall–Kier alpha value is -3.75. The number of alkyl halides is 6. The molecule has 0 unspecified atom stereocenters. The van der Waals surface area contributed by atoms with Gasteiger partial charge in [-0.15, -0.1) is 0 Å². The highest BCUT2D eigenvalue weighted by atomic mass is 35.5. The van der Waals surface area contributed by atoms with Crippen molar-refractivity contribution < 1.29 is 39.6 Å². The molecule has 234 valence electrons. The van der Waals surface area contributed by atoms with E-state index in [2.05, 4.69) is 10.3 Å². The van der Waals surface area contributed by atoms with Gasteiger partial charge in [0.1, 0.15) is 5.71 Å². The van der Waals surface area contributed by atoms with Gasteiger partial charge in [0.05, 0.1) is 21.3 Å². The zero-order chi connectivity index (χ0) is 32.3. The van der Waals surface area contributed by atoms with Gasteiger partial charge in [-0.1, -0.05) is 41.9 Å². The summed E-state index contributed by atoms with van der Waals surface area (Å²) in [5, 5.41) is 10.8. The molecule has 1 aliphatic rings. The number of amides is 1. The third-order valence-electron chi connectivity index (χ3n) is 6.86. The van der Waals surface area contributed by atoms with Crippen LogP contribution in [0.25, 0.3) is 0 Å². The monoisotopic (exact) mass is 658 g/mol. The summed E-state index contributed by atoms with van der Waals surface area (Å²) in [6.07, 6.45) is -4.94. The van der Waals surface area contributed by atoms with E-state index in [1.165, 1.54) is 47.4 Å². The van der Waals surface area contributed by atoms with Crippen LogP contribution in [-0.4, -0.2) is 56.6 Å². The Kier molecular flexibility index (Phi) is 9.86. The zero-order valence-corrected chi connectivity index (χ0v) is 24.3. The van der Waals surface area contributed by atoms with Gasteiger partial charge in [-0.2, -0.15) is 26.3 Å². The summed E-state index contributed by atoms with van der Waals surface area (Å²) in [7, 11) is -5.69.